The Hall–Kier alpha value is -2.89. The van der Waals surface area contributed by atoms with Gasteiger partial charge in [-0.2, -0.15) is 4.68 Å². The average Bonchev–Trinajstić information content (AvgIpc) is 3.25. The van der Waals surface area contributed by atoms with Crippen LogP contribution in [0.15, 0.2) is 48.5 Å². The minimum atomic E-state index is -0.326. The van der Waals surface area contributed by atoms with E-state index < -0.39 is 0 Å². The summed E-state index contributed by atoms with van der Waals surface area (Å²) in [5, 5.41) is 16.7. The number of hydrogen-bond donors (Lipinski definition) is 1. The molecule has 1 N–H and O–H groups in total. The number of benzene rings is 2. The Morgan fingerprint density at radius 2 is 1.72 bits per heavy atom. The Morgan fingerprint density at radius 1 is 1.00 bits per heavy atom. The molecule has 29 heavy (non-hydrogen) atoms. The molecule has 0 spiro atoms. The normalized spacial score (nSPS) is 16.0. The number of nitrogens with zero attached hydrogens (tertiary/aromatic N) is 4. The van der Waals surface area contributed by atoms with Gasteiger partial charge in [0.1, 0.15) is 5.75 Å². The van der Waals surface area contributed by atoms with Crippen LogP contribution in [-0.2, 0) is 5.54 Å². The first kappa shape index (κ1) is 19.4. The summed E-state index contributed by atoms with van der Waals surface area (Å²) in [6.07, 6.45) is 5.48. The first-order valence-corrected chi connectivity index (χ1v) is 10.4. The minimum absolute atomic E-state index is 0.326. The molecule has 1 saturated carbocycles. The zero-order valence-corrected chi connectivity index (χ0v) is 17.4. The van der Waals surface area contributed by atoms with Gasteiger partial charge in [-0.3, -0.25) is 0 Å². The van der Waals surface area contributed by atoms with E-state index >= 15 is 0 Å². The van der Waals surface area contributed by atoms with Gasteiger partial charge in [-0.05, 0) is 59.0 Å². The quantitative estimate of drug-likeness (QED) is 0.636. The Balaban J connectivity index is 1.74. The van der Waals surface area contributed by atoms with Crippen molar-refractivity contribution in [3.63, 3.8) is 0 Å². The van der Waals surface area contributed by atoms with E-state index in [9.17, 15) is 0 Å². The van der Waals surface area contributed by atoms with E-state index in [1.165, 1.54) is 12.0 Å². The van der Waals surface area contributed by atoms with Crippen LogP contribution in [0.5, 0.6) is 5.75 Å². The van der Waals surface area contributed by atoms with Crippen LogP contribution in [0.2, 0.25) is 0 Å². The van der Waals surface area contributed by atoms with Crippen molar-refractivity contribution in [2.45, 2.75) is 57.4 Å². The lowest BCUT2D eigenvalue weighted by Crippen LogP contribution is -2.40. The Bertz CT molecular complexity index is 942. The van der Waals surface area contributed by atoms with Gasteiger partial charge >= 0.3 is 0 Å². The zero-order valence-electron chi connectivity index (χ0n) is 17.4. The summed E-state index contributed by atoms with van der Waals surface area (Å²) in [5.74, 6) is 2.19. The van der Waals surface area contributed by atoms with Gasteiger partial charge in [0, 0.05) is 0 Å². The van der Waals surface area contributed by atoms with Crippen molar-refractivity contribution in [2.24, 2.45) is 0 Å². The monoisotopic (exact) mass is 391 g/mol. The molecule has 0 atom stereocenters. The van der Waals surface area contributed by atoms with Crippen molar-refractivity contribution in [3.05, 3.63) is 59.9 Å². The van der Waals surface area contributed by atoms with Crippen molar-refractivity contribution in [1.82, 2.24) is 20.2 Å². The van der Waals surface area contributed by atoms with Crippen molar-refractivity contribution in [1.29, 1.82) is 0 Å². The fourth-order valence-corrected chi connectivity index (χ4v) is 4.23. The number of aromatic nitrogens is 4. The summed E-state index contributed by atoms with van der Waals surface area (Å²) in [4.78, 5) is 0. The molecule has 0 saturated heterocycles. The van der Waals surface area contributed by atoms with Gasteiger partial charge in [0.25, 0.3) is 0 Å². The summed E-state index contributed by atoms with van der Waals surface area (Å²) >= 11 is 0. The molecule has 0 radical (unpaired) electrons. The van der Waals surface area contributed by atoms with Gasteiger partial charge in [0.2, 0.25) is 0 Å². The maximum absolute atomic E-state index is 5.58. The number of tetrazole rings is 1. The van der Waals surface area contributed by atoms with Crippen molar-refractivity contribution in [2.75, 3.05) is 12.4 Å². The molecule has 1 fully saturated rings. The van der Waals surface area contributed by atoms with Crippen molar-refractivity contribution >= 4 is 5.69 Å². The second kappa shape index (κ2) is 8.23. The van der Waals surface area contributed by atoms with Crippen LogP contribution in [0.25, 0.3) is 5.69 Å². The Morgan fingerprint density at radius 3 is 2.41 bits per heavy atom. The van der Waals surface area contributed by atoms with Crippen LogP contribution < -0.4 is 10.1 Å². The second-order valence-corrected chi connectivity index (χ2v) is 8.13. The third-order valence-corrected chi connectivity index (χ3v) is 5.89. The number of hydrogen-bond acceptors (Lipinski definition) is 5. The maximum atomic E-state index is 5.58. The smallest absolute Gasteiger partial charge is 0.181 e. The molecule has 152 valence electrons. The lowest BCUT2D eigenvalue weighted by atomic mass is 9.80. The fourth-order valence-electron chi connectivity index (χ4n) is 4.23. The lowest BCUT2D eigenvalue weighted by Gasteiger charge is -2.38. The molecule has 3 aromatic rings. The highest BCUT2D eigenvalue weighted by atomic mass is 16.5. The van der Waals surface area contributed by atoms with E-state index in [4.69, 9.17) is 4.74 Å². The van der Waals surface area contributed by atoms with Crippen LogP contribution in [-0.4, -0.2) is 27.3 Å². The summed E-state index contributed by atoms with van der Waals surface area (Å²) < 4.78 is 7.47. The van der Waals surface area contributed by atoms with Crippen LogP contribution in [0.3, 0.4) is 0 Å². The predicted octanol–water partition coefficient (Wildman–Crippen LogP) is 5.07. The average molecular weight is 392 g/mol. The van der Waals surface area contributed by atoms with Gasteiger partial charge in [-0.25, -0.2) is 0 Å². The zero-order chi connectivity index (χ0) is 20.3. The van der Waals surface area contributed by atoms with Gasteiger partial charge in [0.05, 0.1) is 24.0 Å². The highest BCUT2D eigenvalue weighted by Crippen LogP contribution is 2.41. The lowest BCUT2D eigenvalue weighted by molar-refractivity contribution is 0.308. The molecule has 4 rings (SSSR count). The molecule has 1 aliphatic carbocycles. The standard InChI is InChI=1S/C23H29N5O/c1-17(2)18-11-13-19(14-12-18)28-22(25-26-27-28)23(15-7-4-8-16-23)24-20-9-5-6-10-21(20)29-3/h5-6,9-14,17,24H,4,7-8,15-16H2,1-3H3. The van der Waals surface area contributed by atoms with Crippen LogP contribution in [0.4, 0.5) is 5.69 Å². The molecule has 6 heteroatoms. The first-order chi connectivity index (χ1) is 14.1. The van der Waals surface area contributed by atoms with E-state index in [-0.39, 0.29) is 5.54 Å². The molecule has 0 bridgehead atoms. The van der Waals surface area contributed by atoms with Gasteiger partial charge in [-0.1, -0.05) is 57.4 Å². The predicted molar refractivity (Wildman–Crippen MR) is 115 cm³/mol. The Labute approximate surface area is 172 Å². The van der Waals surface area contributed by atoms with E-state index in [0.717, 1.165) is 48.6 Å². The minimum Gasteiger partial charge on any atom is -0.495 e. The molecule has 0 amide bonds. The third kappa shape index (κ3) is 3.84. The summed E-state index contributed by atoms with van der Waals surface area (Å²) in [5.41, 5.74) is 2.94. The highest BCUT2D eigenvalue weighted by molar-refractivity contribution is 5.58. The van der Waals surface area contributed by atoms with Crippen LogP contribution >= 0.6 is 0 Å². The van der Waals surface area contributed by atoms with Crippen molar-refractivity contribution < 1.29 is 4.74 Å². The van der Waals surface area contributed by atoms with E-state index in [1.54, 1.807) is 7.11 Å². The van der Waals surface area contributed by atoms with E-state index in [0.29, 0.717) is 5.92 Å². The Kier molecular flexibility index (Phi) is 5.51. The van der Waals surface area contributed by atoms with Gasteiger partial charge in [-0.15, -0.1) is 5.10 Å². The third-order valence-electron chi connectivity index (χ3n) is 5.89. The van der Waals surface area contributed by atoms with Crippen LogP contribution in [0, 0.1) is 0 Å². The molecular formula is C23H29N5O. The molecule has 2 aromatic carbocycles. The van der Waals surface area contributed by atoms with Crippen molar-refractivity contribution in [3.8, 4) is 11.4 Å². The summed E-state index contributed by atoms with van der Waals surface area (Å²) in [6, 6.07) is 16.6. The molecule has 1 aliphatic rings. The second-order valence-electron chi connectivity index (χ2n) is 8.13. The summed E-state index contributed by atoms with van der Waals surface area (Å²) in [6.45, 7) is 4.40. The molecule has 6 nitrogen and oxygen atoms in total. The largest absolute Gasteiger partial charge is 0.495 e. The maximum Gasteiger partial charge on any atom is 0.181 e. The topological polar surface area (TPSA) is 64.9 Å². The number of methoxy groups -OCH3 is 1. The molecule has 0 aliphatic heterocycles. The highest BCUT2D eigenvalue weighted by Gasteiger charge is 2.39. The molecule has 1 aromatic heterocycles. The summed E-state index contributed by atoms with van der Waals surface area (Å²) in [7, 11) is 1.70. The van der Waals surface area contributed by atoms with Gasteiger partial charge < -0.3 is 10.1 Å². The fraction of sp³-hybridized carbons (Fsp3) is 0.435. The van der Waals surface area contributed by atoms with Gasteiger partial charge in [0.15, 0.2) is 5.82 Å². The van der Waals surface area contributed by atoms with E-state index in [2.05, 4.69) is 65.0 Å². The number of rotatable bonds is 6. The SMILES string of the molecule is COc1ccccc1NC1(c2nnnn2-c2ccc(C(C)C)cc2)CCCCC1. The number of anilines is 1. The number of nitrogens with one attached hydrogen (secondary N) is 1. The first-order valence-electron chi connectivity index (χ1n) is 10.4. The molecule has 1 heterocycles. The number of para-hydroxylation sites is 2. The molecular weight excluding hydrogens is 362 g/mol. The molecule has 0 unspecified atom stereocenters. The van der Waals surface area contributed by atoms with Crippen LogP contribution in [0.1, 0.15) is 63.3 Å². The number of ether oxygens (including phenoxy) is 1. The van der Waals surface area contributed by atoms with E-state index in [1.807, 2.05) is 22.9 Å².